The number of amides is 2. The lowest BCUT2D eigenvalue weighted by atomic mass is 10.2. The van der Waals surface area contributed by atoms with Crippen LogP contribution in [0, 0.1) is 0 Å². The Morgan fingerprint density at radius 1 is 1.13 bits per heavy atom. The van der Waals surface area contributed by atoms with Crippen molar-refractivity contribution < 1.29 is 14.3 Å². The van der Waals surface area contributed by atoms with E-state index in [2.05, 4.69) is 10.6 Å². The zero-order valence-corrected chi connectivity index (χ0v) is 13.6. The lowest BCUT2D eigenvalue weighted by molar-refractivity contribution is -0.117. The van der Waals surface area contributed by atoms with E-state index in [0.717, 1.165) is 0 Å². The smallest absolute Gasteiger partial charge is 0.251 e. The highest BCUT2D eigenvalue weighted by molar-refractivity contribution is 6.31. The van der Waals surface area contributed by atoms with Gasteiger partial charge >= 0.3 is 0 Å². The number of carbonyl (C=O) groups excluding carboxylic acids is 2. The second-order valence-electron chi connectivity index (χ2n) is 4.90. The topological polar surface area (TPSA) is 67.4 Å². The van der Waals surface area contributed by atoms with Crippen LogP contribution in [0.1, 0.15) is 17.3 Å². The zero-order valence-electron chi connectivity index (χ0n) is 12.8. The molecule has 0 aliphatic carbocycles. The summed E-state index contributed by atoms with van der Waals surface area (Å²) in [5.74, 6) is -0.189. The second kappa shape index (κ2) is 7.65. The van der Waals surface area contributed by atoms with E-state index in [9.17, 15) is 9.59 Å². The molecule has 0 aliphatic rings. The Hall–Kier alpha value is -2.53. The van der Waals surface area contributed by atoms with Crippen molar-refractivity contribution in [1.29, 1.82) is 0 Å². The number of hydrogen-bond acceptors (Lipinski definition) is 3. The minimum Gasteiger partial charge on any atom is -0.495 e. The van der Waals surface area contributed by atoms with E-state index in [1.165, 1.54) is 7.11 Å². The van der Waals surface area contributed by atoms with Crippen LogP contribution >= 0.6 is 11.6 Å². The van der Waals surface area contributed by atoms with Gasteiger partial charge in [0, 0.05) is 10.6 Å². The van der Waals surface area contributed by atoms with Gasteiger partial charge in [-0.05, 0) is 37.3 Å². The average molecular weight is 333 g/mol. The van der Waals surface area contributed by atoms with Crippen LogP contribution < -0.4 is 15.4 Å². The van der Waals surface area contributed by atoms with Crippen LogP contribution in [0.25, 0.3) is 0 Å². The van der Waals surface area contributed by atoms with Crippen LogP contribution in [0.3, 0.4) is 0 Å². The molecule has 2 amide bonds. The predicted octanol–water partition coefficient (Wildman–Crippen LogP) is 3.11. The molecule has 0 saturated carbocycles. The summed E-state index contributed by atoms with van der Waals surface area (Å²) < 4.78 is 5.17. The number of hydrogen-bond donors (Lipinski definition) is 2. The fourth-order valence-corrected chi connectivity index (χ4v) is 2.13. The third-order valence-corrected chi connectivity index (χ3v) is 3.43. The predicted molar refractivity (Wildman–Crippen MR) is 90.0 cm³/mol. The van der Waals surface area contributed by atoms with Gasteiger partial charge in [-0.3, -0.25) is 9.59 Å². The van der Waals surface area contributed by atoms with Crippen LogP contribution in [0.5, 0.6) is 5.75 Å². The van der Waals surface area contributed by atoms with E-state index in [1.807, 2.05) is 6.07 Å². The minimum atomic E-state index is -0.716. The molecular weight excluding hydrogens is 316 g/mol. The van der Waals surface area contributed by atoms with E-state index in [0.29, 0.717) is 22.0 Å². The lowest BCUT2D eigenvalue weighted by Crippen LogP contribution is -2.41. The second-order valence-corrected chi connectivity index (χ2v) is 5.33. The van der Waals surface area contributed by atoms with Gasteiger partial charge in [0.05, 0.1) is 12.8 Å². The molecular formula is C17H17ClN2O3. The van der Waals surface area contributed by atoms with E-state index in [-0.39, 0.29) is 11.8 Å². The molecule has 0 heterocycles. The molecule has 1 unspecified atom stereocenters. The van der Waals surface area contributed by atoms with Crippen molar-refractivity contribution in [3.05, 3.63) is 59.1 Å². The quantitative estimate of drug-likeness (QED) is 0.884. The van der Waals surface area contributed by atoms with Crippen molar-refractivity contribution in [2.45, 2.75) is 13.0 Å². The van der Waals surface area contributed by atoms with Gasteiger partial charge in [0.25, 0.3) is 5.91 Å². The molecule has 0 fully saturated rings. The van der Waals surface area contributed by atoms with Crippen molar-refractivity contribution in [2.75, 3.05) is 12.4 Å². The highest BCUT2D eigenvalue weighted by Gasteiger charge is 2.18. The Kier molecular flexibility index (Phi) is 5.60. The molecule has 0 saturated heterocycles. The largest absolute Gasteiger partial charge is 0.495 e. The van der Waals surface area contributed by atoms with Gasteiger partial charge in [-0.25, -0.2) is 0 Å². The summed E-state index contributed by atoms with van der Waals surface area (Å²) in [5, 5.41) is 5.81. The number of halogens is 1. The molecule has 0 radical (unpaired) electrons. The normalized spacial score (nSPS) is 11.4. The summed E-state index contributed by atoms with van der Waals surface area (Å²) in [6, 6.07) is 12.9. The Morgan fingerprint density at radius 3 is 2.48 bits per heavy atom. The van der Waals surface area contributed by atoms with Crippen LogP contribution in [-0.4, -0.2) is 25.0 Å². The van der Waals surface area contributed by atoms with Crippen molar-refractivity contribution in [1.82, 2.24) is 5.32 Å². The van der Waals surface area contributed by atoms with Crippen molar-refractivity contribution >= 4 is 29.1 Å². The maximum absolute atomic E-state index is 12.2. The van der Waals surface area contributed by atoms with E-state index in [4.69, 9.17) is 16.3 Å². The molecule has 5 nitrogen and oxygen atoms in total. The Bertz CT molecular complexity index is 704. The fourth-order valence-electron chi connectivity index (χ4n) is 1.95. The average Bonchev–Trinajstić information content (AvgIpc) is 2.55. The molecule has 2 rings (SSSR count). The molecule has 0 bridgehead atoms. The van der Waals surface area contributed by atoms with Gasteiger partial charge in [0.15, 0.2) is 0 Å². The Balaban J connectivity index is 2.03. The summed E-state index contributed by atoms with van der Waals surface area (Å²) in [4.78, 5) is 24.3. The van der Waals surface area contributed by atoms with Crippen LogP contribution in [0.4, 0.5) is 5.69 Å². The number of ether oxygens (including phenoxy) is 1. The Labute approximate surface area is 139 Å². The number of benzene rings is 2. The summed E-state index contributed by atoms with van der Waals surface area (Å²) in [6.45, 7) is 1.60. The fraction of sp³-hybridized carbons (Fsp3) is 0.176. The van der Waals surface area contributed by atoms with Crippen LogP contribution in [0.2, 0.25) is 5.02 Å². The highest BCUT2D eigenvalue weighted by Crippen LogP contribution is 2.27. The van der Waals surface area contributed by atoms with Crippen LogP contribution in [-0.2, 0) is 4.79 Å². The molecule has 2 aromatic carbocycles. The summed E-state index contributed by atoms with van der Waals surface area (Å²) in [7, 11) is 1.50. The minimum absolute atomic E-state index is 0.314. The zero-order chi connectivity index (χ0) is 16.8. The number of carbonyl (C=O) groups is 2. The molecule has 120 valence electrons. The third kappa shape index (κ3) is 4.47. The molecule has 1 atom stereocenters. The monoisotopic (exact) mass is 332 g/mol. The summed E-state index contributed by atoms with van der Waals surface area (Å²) in [5.41, 5.74) is 0.943. The number of rotatable bonds is 5. The lowest BCUT2D eigenvalue weighted by Gasteiger charge is -2.16. The van der Waals surface area contributed by atoms with Crippen molar-refractivity contribution in [3.63, 3.8) is 0 Å². The Morgan fingerprint density at radius 2 is 1.83 bits per heavy atom. The SMILES string of the molecule is COc1ccc(Cl)cc1NC(=O)C(C)NC(=O)c1ccccc1. The van der Waals surface area contributed by atoms with Gasteiger partial charge < -0.3 is 15.4 Å². The number of nitrogens with one attached hydrogen (secondary N) is 2. The molecule has 0 aliphatic heterocycles. The molecule has 0 aromatic heterocycles. The van der Waals surface area contributed by atoms with Gasteiger partial charge in [-0.2, -0.15) is 0 Å². The molecule has 6 heteroatoms. The number of methoxy groups -OCH3 is 1. The van der Waals surface area contributed by atoms with Crippen molar-refractivity contribution in [2.24, 2.45) is 0 Å². The first kappa shape index (κ1) is 16.8. The van der Waals surface area contributed by atoms with E-state index in [1.54, 1.807) is 49.4 Å². The highest BCUT2D eigenvalue weighted by atomic mass is 35.5. The summed E-state index contributed by atoms with van der Waals surface area (Å²) in [6.07, 6.45) is 0. The van der Waals surface area contributed by atoms with Crippen molar-refractivity contribution in [3.8, 4) is 5.75 Å². The molecule has 0 spiro atoms. The van der Waals surface area contributed by atoms with Gasteiger partial charge in [0.1, 0.15) is 11.8 Å². The maximum atomic E-state index is 12.2. The molecule has 2 aromatic rings. The first-order valence-corrected chi connectivity index (χ1v) is 7.39. The van der Waals surface area contributed by atoms with Crippen LogP contribution in [0.15, 0.2) is 48.5 Å². The first-order chi connectivity index (χ1) is 11.0. The van der Waals surface area contributed by atoms with Gasteiger partial charge in [-0.1, -0.05) is 29.8 Å². The van der Waals surface area contributed by atoms with E-state index < -0.39 is 6.04 Å². The summed E-state index contributed by atoms with van der Waals surface area (Å²) >= 11 is 5.92. The molecule has 23 heavy (non-hydrogen) atoms. The van der Waals surface area contributed by atoms with Gasteiger partial charge in [0.2, 0.25) is 5.91 Å². The maximum Gasteiger partial charge on any atom is 0.251 e. The van der Waals surface area contributed by atoms with Gasteiger partial charge in [-0.15, -0.1) is 0 Å². The standard InChI is InChI=1S/C17H17ClN2O3/c1-11(19-17(22)12-6-4-3-5-7-12)16(21)20-14-10-13(18)8-9-15(14)23-2/h3-11H,1-2H3,(H,19,22)(H,20,21). The first-order valence-electron chi connectivity index (χ1n) is 7.01. The number of anilines is 1. The van der Waals surface area contributed by atoms with E-state index >= 15 is 0 Å². The third-order valence-electron chi connectivity index (χ3n) is 3.20. The molecule has 2 N–H and O–H groups in total.